The lowest BCUT2D eigenvalue weighted by Gasteiger charge is -2.02. The summed E-state index contributed by atoms with van der Waals surface area (Å²) in [6.45, 7) is 0. The van der Waals surface area contributed by atoms with Crippen LogP contribution in [0.25, 0.3) is 0 Å². The Morgan fingerprint density at radius 1 is 0.542 bits per heavy atom. The van der Waals surface area contributed by atoms with Crippen molar-refractivity contribution in [2.45, 2.75) is 12.8 Å². The minimum absolute atomic E-state index is 0.910. The van der Waals surface area contributed by atoms with Crippen molar-refractivity contribution in [1.82, 2.24) is 0 Å². The van der Waals surface area contributed by atoms with E-state index in [4.69, 9.17) is 9.98 Å². The van der Waals surface area contributed by atoms with Gasteiger partial charge in [-0.2, -0.15) is 0 Å². The summed E-state index contributed by atoms with van der Waals surface area (Å²) in [6, 6.07) is 25.3. The molecule has 2 aliphatic heterocycles. The minimum atomic E-state index is 0.910. The van der Waals surface area contributed by atoms with Gasteiger partial charge in [-0.15, -0.1) is 0 Å². The summed E-state index contributed by atoms with van der Waals surface area (Å²) in [5, 5.41) is 0. The van der Waals surface area contributed by atoms with Gasteiger partial charge in [-0.25, -0.2) is 0 Å². The lowest BCUT2D eigenvalue weighted by atomic mass is 9.99. The van der Waals surface area contributed by atoms with Crippen molar-refractivity contribution in [1.29, 1.82) is 0 Å². The van der Waals surface area contributed by atoms with Gasteiger partial charge in [0.05, 0.1) is 22.8 Å². The van der Waals surface area contributed by atoms with Crippen LogP contribution in [0.4, 0.5) is 11.4 Å². The molecule has 0 fully saturated rings. The second kappa shape index (κ2) is 5.27. The average Bonchev–Trinajstić information content (AvgIpc) is 3.24. The molecule has 114 valence electrons. The fourth-order valence-electron chi connectivity index (χ4n) is 3.49. The summed E-state index contributed by atoms with van der Waals surface area (Å²) in [5.74, 6) is 0. The molecule has 0 radical (unpaired) electrons. The van der Waals surface area contributed by atoms with E-state index in [2.05, 4.69) is 60.7 Å². The first kappa shape index (κ1) is 13.4. The third-order valence-corrected chi connectivity index (χ3v) is 4.72. The first-order valence-corrected chi connectivity index (χ1v) is 8.28. The Bertz CT molecular complexity index is 904. The van der Waals surface area contributed by atoms with E-state index in [1.54, 1.807) is 0 Å². The van der Waals surface area contributed by atoms with E-state index >= 15 is 0 Å². The lowest BCUT2D eigenvalue weighted by molar-refractivity contribution is 1.31. The molecule has 2 nitrogen and oxygen atoms in total. The minimum Gasteiger partial charge on any atom is -0.252 e. The summed E-state index contributed by atoms with van der Waals surface area (Å²) in [7, 11) is 0. The number of hydrogen-bond donors (Lipinski definition) is 0. The van der Waals surface area contributed by atoms with Crippen LogP contribution in [-0.2, 0) is 12.8 Å². The van der Waals surface area contributed by atoms with Crippen molar-refractivity contribution in [3.63, 3.8) is 0 Å². The molecular weight excluding hydrogens is 292 g/mol. The molecule has 0 bridgehead atoms. The zero-order chi connectivity index (χ0) is 15.9. The average molecular weight is 308 g/mol. The molecule has 0 aliphatic carbocycles. The van der Waals surface area contributed by atoms with Gasteiger partial charge in [0, 0.05) is 12.8 Å². The van der Waals surface area contributed by atoms with Crippen molar-refractivity contribution in [3.05, 3.63) is 95.1 Å². The molecule has 0 saturated carbocycles. The first-order chi connectivity index (χ1) is 11.9. The summed E-state index contributed by atoms with van der Waals surface area (Å²) < 4.78 is 0. The van der Waals surface area contributed by atoms with Gasteiger partial charge >= 0.3 is 0 Å². The third-order valence-electron chi connectivity index (χ3n) is 4.72. The largest absolute Gasteiger partial charge is 0.252 e. The third kappa shape index (κ3) is 2.19. The Morgan fingerprint density at radius 2 is 1.00 bits per heavy atom. The van der Waals surface area contributed by atoms with Crippen LogP contribution < -0.4 is 0 Å². The van der Waals surface area contributed by atoms with Gasteiger partial charge in [0.15, 0.2) is 0 Å². The molecule has 2 aliphatic rings. The van der Waals surface area contributed by atoms with Crippen LogP contribution in [0.3, 0.4) is 0 Å². The maximum Gasteiger partial charge on any atom is 0.0690 e. The normalized spacial score (nSPS) is 14.8. The van der Waals surface area contributed by atoms with E-state index in [0.29, 0.717) is 0 Å². The highest BCUT2D eigenvalue weighted by molar-refractivity contribution is 6.09. The van der Waals surface area contributed by atoms with Gasteiger partial charge < -0.3 is 0 Å². The number of aliphatic imine (C=N–C) groups is 2. The first-order valence-electron chi connectivity index (χ1n) is 8.28. The number of rotatable bonds is 2. The monoisotopic (exact) mass is 308 g/mol. The predicted molar refractivity (Wildman–Crippen MR) is 99.1 cm³/mol. The Balaban J connectivity index is 1.51. The SMILES string of the molecule is c1ccc(C2=Nc3cc4c(cc3C2)CC(c2ccccc2)=N4)cc1. The number of nitrogens with zero attached hydrogens (tertiary/aromatic N) is 2. The highest BCUT2D eigenvalue weighted by atomic mass is 14.8. The molecule has 0 amide bonds. The maximum absolute atomic E-state index is 4.84. The summed E-state index contributed by atoms with van der Waals surface area (Å²) in [6.07, 6.45) is 1.82. The summed E-state index contributed by atoms with van der Waals surface area (Å²) in [4.78, 5) is 9.69. The van der Waals surface area contributed by atoms with E-state index in [0.717, 1.165) is 35.6 Å². The topological polar surface area (TPSA) is 24.7 Å². The lowest BCUT2D eigenvalue weighted by Crippen LogP contribution is -2.01. The van der Waals surface area contributed by atoms with Gasteiger partial charge in [0.1, 0.15) is 0 Å². The zero-order valence-electron chi connectivity index (χ0n) is 13.2. The molecule has 0 aromatic heterocycles. The van der Waals surface area contributed by atoms with Crippen LogP contribution in [0.1, 0.15) is 22.3 Å². The van der Waals surface area contributed by atoms with Crippen LogP contribution in [0.2, 0.25) is 0 Å². The quantitative estimate of drug-likeness (QED) is 0.633. The van der Waals surface area contributed by atoms with Gasteiger partial charge in [0.25, 0.3) is 0 Å². The van der Waals surface area contributed by atoms with E-state index in [1.807, 2.05) is 12.1 Å². The number of fused-ring (bicyclic) bond motifs is 2. The predicted octanol–water partition coefficient (Wildman–Crippen LogP) is 5.04. The van der Waals surface area contributed by atoms with Gasteiger partial charge in [-0.3, -0.25) is 9.98 Å². The zero-order valence-corrected chi connectivity index (χ0v) is 13.2. The molecule has 2 heterocycles. The molecule has 0 atom stereocenters. The molecule has 0 unspecified atom stereocenters. The van der Waals surface area contributed by atoms with Crippen LogP contribution >= 0.6 is 0 Å². The smallest absolute Gasteiger partial charge is 0.0690 e. The molecule has 5 rings (SSSR count). The van der Waals surface area contributed by atoms with Crippen LogP contribution in [0, 0.1) is 0 Å². The van der Waals surface area contributed by atoms with Crippen molar-refractivity contribution < 1.29 is 0 Å². The fourth-order valence-corrected chi connectivity index (χ4v) is 3.49. The second-order valence-electron chi connectivity index (χ2n) is 6.31. The van der Waals surface area contributed by atoms with E-state index in [1.165, 1.54) is 22.3 Å². The molecular formula is C22H16N2. The standard InChI is InChI=1S/C22H16N2/c1-3-7-15(8-4-1)19-12-17-11-18-13-20(16-9-5-2-6-10-16)24-22(18)14-21(17)23-19/h1-11,14H,12-13H2. The van der Waals surface area contributed by atoms with E-state index < -0.39 is 0 Å². The Labute approximate surface area is 141 Å². The van der Waals surface area contributed by atoms with E-state index in [9.17, 15) is 0 Å². The highest BCUT2D eigenvalue weighted by Crippen LogP contribution is 2.38. The summed E-state index contributed by atoms with van der Waals surface area (Å²) in [5.41, 5.74) is 9.51. The Morgan fingerprint density at radius 3 is 1.46 bits per heavy atom. The van der Waals surface area contributed by atoms with Crippen molar-refractivity contribution >= 4 is 22.8 Å². The van der Waals surface area contributed by atoms with Gasteiger partial charge in [-0.05, 0) is 28.3 Å². The highest BCUT2D eigenvalue weighted by Gasteiger charge is 2.22. The molecule has 2 heteroatoms. The molecule has 3 aromatic rings. The van der Waals surface area contributed by atoms with Gasteiger partial charge in [0.2, 0.25) is 0 Å². The number of benzene rings is 3. The molecule has 3 aromatic carbocycles. The van der Waals surface area contributed by atoms with Crippen molar-refractivity contribution in [2.24, 2.45) is 9.98 Å². The van der Waals surface area contributed by atoms with Crippen molar-refractivity contribution in [3.8, 4) is 0 Å². The fraction of sp³-hybridized carbons (Fsp3) is 0.0909. The summed E-state index contributed by atoms with van der Waals surface area (Å²) >= 11 is 0. The molecule has 0 saturated heterocycles. The van der Waals surface area contributed by atoms with Crippen LogP contribution in [0.15, 0.2) is 82.8 Å². The van der Waals surface area contributed by atoms with Crippen LogP contribution in [-0.4, -0.2) is 11.4 Å². The molecule has 24 heavy (non-hydrogen) atoms. The van der Waals surface area contributed by atoms with Gasteiger partial charge in [-0.1, -0.05) is 66.7 Å². The molecule has 0 N–H and O–H groups in total. The number of hydrogen-bond acceptors (Lipinski definition) is 2. The maximum atomic E-state index is 4.84. The molecule has 0 spiro atoms. The van der Waals surface area contributed by atoms with Crippen LogP contribution in [0.5, 0.6) is 0 Å². The Hall–Kier alpha value is -3.00. The Kier molecular flexibility index (Phi) is 2.95. The van der Waals surface area contributed by atoms with E-state index in [-0.39, 0.29) is 0 Å². The van der Waals surface area contributed by atoms with Crippen molar-refractivity contribution in [2.75, 3.05) is 0 Å². The second-order valence-corrected chi connectivity index (χ2v) is 6.31.